The Morgan fingerprint density at radius 3 is 2.56 bits per heavy atom. The number of nitrogen functional groups attached to an aromatic ring is 1. The van der Waals surface area contributed by atoms with E-state index in [1.165, 1.54) is 0 Å². The average Bonchev–Trinajstić information content (AvgIpc) is 2.36. The highest BCUT2D eigenvalue weighted by Crippen LogP contribution is 2.29. The molecule has 18 heavy (non-hydrogen) atoms. The van der Waals surface area contributed by atoms with Gasteiger partial charge in [-0.2, -0.15) is 0 Å². The van der Waals surface area contributed by atoms with Gasteiger partial charge in [0.25, 0.3) is 0 Å². The summed E-state index contributed by atoms with van der Waals surface area (Å²) in [5.41, 5.74) is 6.11. The summed E-state index contributed by atoms with van der Waals surface area (Å²) in [7, 11) is 0. The van der Waals surface area contributed by atoms with Crippen molar-refractivity contribution in [1.29, 1.82) is 5.41 Å². The first kappa shape index (κ1) is 14.4. The zero-order valence-corrected chi connectivity index (χ0v) is 11.3. The lowest BCUT2D eigenvalue weighted by Gasteiger charge is -2.15. The topological polar surface area (TPSA) is 68.3 Å². The Morgan fingerprint density at radius 2 is 2.00 bits per heavy atom. The van der Waals surface area contributed by atoms with Crippen LogP contribution in [0, 0.1) is 11.3 Å². The Kier molecular flexibility index (Phi) is 5.49. The minimum atomic E-state index is 0.0319. The fraction of sp³-hybridized carbons (Fsp3) is 0.500. The second-order valence-corrected chi connectivity index (χ2v) is 4.33. The summed E-state index contributed by atoms with van der Waals surface area (Å²) in [5, 5.41) is 7.42. The van der Waals surface area contributed by atoms with Gasteiger partial charge in [0, 0.05) is 5.56 Å². The van der Waals surface area contributed by atoms with Gasteiger partial charge in [0.1, 0.15) is 5.84 Å². The molecule has 0 aliphatic heterocycles. The third-order valence-corrected chi connectivity index (χ3v) is 2.77. The van der Waals surface area contributed by atoms with Crippen LogP contribution in [-0.2, 0) is 0 Å². The molecular weight excluding hydrogens is 228 g/mol. The maximum atomic E-state index is 7.42. The summed E-state index contributed by atoms with van der Waals surface area (Å²) in [6.45, 7) is 7.41. The second kappa shape index (κ2) is 6.89. The molecule has 0 fully saturated rings. The molecule has 1 aromatic carbocycles. The maximum Gasteiger partial charge on any atom is 0.161 e. The van der Waals surface area contributed by atoms with Crippen molar-refractivity contribution in [1.82, 2.24) is 0 Å². The van der Waals surface area contributed by atoms with Gasteiger partial charge < -0.3 is 15.2 Å². The summed E-state index contributed by atoms with van der Waals surface area (Å²) < 4.78 is 11.3. The van der Waals surface area contributed by atoms with Gasteiger partial charge in [0.05, 0.1) is 13.2 Å². The lowest BCUT2D eigenvalue weighted by atomic mass is 10.1. The van der Waals surface area contributed by atoms with E-state index in [0.29, 0.717) is 36.2 Å². The summed E-state index contributed by atoms with van der Waals surface area (Å²) in [6.07, 6.45) is 1.08. The van der Waals surface area contributed by atoms with E-state index < -0.39 is 0 Å². The number of hydrogen-bond donors (Lipinski definition) is 2. The minimum absolute atomic E-state index is 0.0319. The van der Waals surface area contributed by atoms with Crippen LogP contribution in [0.2, 0.25) is 0 Å². The Labute approximate surface area is 109 Å². The molecule has 0 bridgehead atoms. The number of nitrogens with two attached hydrogens (primary N) is 1. The molecule has 0 aliphatic carbocycles. The third-order valence-electron chi connectivity index (χ3n) is 2.77. The highest BCUT2D eigenvalue weighted by molar-refractivity contribution is 5.95. The number of benzene rings is 1. The lowest BCUT2D eigenvalue weighted by molar-refractivity contribution is 0.237. The van der Waals surface area contributed by atoms with Crippen molar-refractivity contribution in [2.45, 2.75) is 27.2 Å². The first-order valence-corrected chi connectivity index (χ1v) is 6.32. The molecule has 1 unspecified atom stereocenters. The Balaban J connectivity index is 2.85. The van der Waals surface area contributed by atoms with E-state index in [-0.39, 0.29) is 5.84 Å². The fourth-order valence-electron chi connectivity index (χ4n) is 1.41. The predicted octanol–water partition coefficient (Wildman–Crippen LogP) is 2.79. The number of nitrogens with one attached hydrogen (secondary N) is 1. The van der Waals surface area contributed by atoms with Crippen LogP contribution in [0.5, 0.6) is 11.5 Å². The van der Waals surface area contributed by atoms with Crippen molar-refractivity contribution < 1.29 is 9.47 Å². The maximum absolute atomic E-state index is 7.42. The van der Waals surface area contributed by atoms with Gasteiger partial charge in [-0.25, -0.2) is 0 Å². The summed E-state index contributed by atoms with van der Waals surface area (Å²) >= 11 is 0. The Hall–Kier alpha value is -1.71. The average molecular weight is 250 g/mol. The van der Waals surface area contributed by atoms with Gasteiger partial charge in [-0.3, -0.25) is 5.41 Å². The largest absolute Gasteiger partial charge is 0.490 e. The molecule has 1 atom stereocenters. The van der Waals surface area contributed by atoms with Gasteiger partial charge >= 0.3 is 0 Å². The van der Waals surface area contributed by atoms with Crippen molar-refractivity contribution in [3.05, 3.63) is 23.8 Å². The molecule has 1 aromatic rings. The summed E-state index contributed by atoms with van der Waals surface area (Å²) in [6, 6.07) is 5.33. The highest BCUT2D eigenvalue weighted by atomic mass is 16.5. The van der Waals surface area contributed by atoms with Crippen LogP contribution in [-0.4, -0.2) is 19.0 Å². The monoisotopic (exact) mass is 250 g/mol. The lowest BCUT2D eigenvalue weighted by Crippen LogP contribution is -2.12. The van der Waals surface area contributed by atoms with E-state index >= 15 is 0 Å². The van der Waals surface area contributed by atoms with Crippen molar-refractivity contribution in [2.75, 3.05) is 13.2 Å². The number of ether oxygens (including phenoxy) is 2. The molecule has 0 amide bonds. The standard InChI is InChI=1S/C14H22N2O2/c1-4-10(3)9-18-12-7-6-11(14(15)16)8-13(12)17-5-2/h6-8,10H,4-5,9H2,1-3H3,(H3,15,16). The van der Waals surface area contributed by atoms with Crippen LogP contribution in [0.1, 0.15) is 32.8 Å². The second-order valence-electron chi connectivity index (χ2n) is 4.33. The molecule has 0 saturated carbocycles. The smallest absolute Gasteiger partial charge is 0.161 e. The van der Waals surface area contributed by atoms with Crippen LogP contribution in [0.4, 0.5) is 0 Å². The minimum Gasteiger partial charge on any atom is -0.490 e. The predicted molar refractivity (Wildman–Crippen MR) is 73.6 cm³/mol. The quantitative estimate of drug-likeness (QED) is 0.577. The number of rotatable bonds is 7. The molecule has 0 saturated heterocycles. The SMILES string of the molecule is CCOc1cc(C(=N)N)ccc1OCC(C)CC. The molecule has 4 nitrogen and oxygen atoms in total. The van der Waals surface area contributed by atoms with E-state index in [1.807, 2.05) is 13.0 Å². The summed E-state index contributed by atoms with van der Waals surface area (Å²) in [4.78, 5) is 0. The van der Waals surface area contributed by atoms with Crippen molar-refractivity contribution in [3.63, 3.8) is 0 Å². The van der Waals surface area contributed by atoms with Crippen molar-refractivity contribution >= 4 is 5.84 Å². The molecule has 1 rings (SSSR count). The van der Waals surface area contributed by atoms with Crippen LogP contribution in [0.3, 0.4) is 0 Å². The Bertz CT molecular complexity index is 405. The fourth-order valence-corrected chi connectivity index (χ4v) is 1.41. The number of hydrogen-bond acceptors (Lipinski definition) is 3. The van der Waals surface area contributed by atoms with E-state index in [1.54, 1.807) is 12.1 Å². The number of amidine groups is 1. The van der Waals surface area contributed by atoms with Crippen molar-refractivity contribution in [3.8, 4) is 11.5 Å². The van der Waals surface area contributed by atoms with E-state index in [0.717, 1.165) is 6.42 Å². The van der Waals surface area contributed by atoms with Gasteiger partial charge in [0.15, 0.2) is 11.5 Å². The molecule has 0 heterocycles. The van der Waals surface area contributed by atoms with Gasteiger partial charge in [0.2, 0.25) is 0 Å². The molecule has 4 heteroatoms. The first-order chi connectivity index (χ1) is 8.58. The van der Waals surface area contributed by atoms with Crippen LogP contribution in [0.15, 0.2) is 18.2 Å². The Morgan fingerprint density at radius 1 is 1.28 bits per heavy atom. The van der Waals surface area contributed by atoms with Gasteiger partial charge in [-0.15, -0.1) is 0 Å². The zero-order chi connectivity index (χ0) is 13.5. The van der Waals surface area contributed by atoms with E-state index in [4.69, 9.17) is 20.6 Å². The molecule has 0 aromatic heterocycles. The molecule has 0 aliphatic rings. The molecule has 100 valence electrons. The van der Waals surface area contributed by atoms with Gasteiger partial charge in [-0.1, -0.05) is 20.3 Å². The normalized spacial score (nSPS) is 11.9. The molecule has 3 N–H and O–H groups in total. The third kappa shape index (κ3) is 3.95. The van der Waals surface area contributed by atoms with Crippen LogP contribution < -0.4 is 15.2 Å². The van der Waals surface area contributed by atoms with Crippen LogP contribution in [0.25, 0.3) is 0 Å². The van der Waals surface area contributed by atoms with Gasteiger partial charge in [-0.05, 0) is 31.0 Å². The molecule has 0 radical (unpaired) electrons. The van der Waals surface area contributed by atoms with Crippen LogP contribution >= 0.6 is 0 Å². The van der Waals surface area contributed by atoms with Crippen molar-refractivity contribution in [2.24, 2.45) is 11.7 Å². The first-order valence-electron chi connectivity index (χ1n) is 6.32. The molecular formula is C14H22N2O2. The zero-order valence-electron chi connectivity index (χ0n) is 11.3. The molecule has 0 spiro atoms. The van der Waals surface area contributed by atoms with E-state index in [9.17, 15) is 0 Å². The summed E-state index contributed by atoms with van der Waals surface area (Å²) in [5.74, 6) is 1.90. The highest BCUT2D eigenvalue weighted by Gasteiger charge is 2.09. The van der Waals surface area contributed by atoms with E-state index in [2.05, 4.69) is 13.8 Å².